The van der Waals surface area contributed by atoms with E-state index in [4.69, 9.17) is 0 Å². The number of benzene rings is 2. The fraction of sp³-hybridized carbons (Fsp3) is 0.333. The summed E-state index contributed by atoms with van der Waals surface area (Å²) in [6.45, 7) is 1.82. The van der Waals surface area contributed by atoms with Gasteiger partial charge in [0.05, 0.1) is 12.1 Å². The Morgan fingerprint density at radius 1 is 0.700 bits per heavy atom. The van der Waals surface area contributed by atoms with Crippen molar-refractivity contribution in [3.63, 3.8) is 0 Å². The maximum Gasteiger partial charge on any atom is 0.241 e. The number of hydrogen-bond acceptors (Lipinski definition) is 4. The molecule has 156 valence electrons. The quantitative estimate of drug-likeness (QED) is 0.557. The van der Waals surface area contributed by atoms with Gasteiger partial charge < -0.3 is 21.3 Å². The van der Waals surface area contributed by atoms with E-state index in [0.29, 0.717) is 0 Å². The molecule has 0 aliphatic carbocycles. The number of hydrogen-bond donors (Lipinski definition) is 4. The molecule has 0 radical (unpaired) electrons. The van der Waals surface area contributed by atoms with Crippen LogP contribution in [-0.4, -0.2) is 37.0 Å². The zero-order valence-corrected chi connectivity index (χ0v) is 17.0. The van der Waals surface area contributed by atoms with Gasteiger partial charge in [-0.2, -0.15) is 0 Å². The Morgan fingerprint density at radius 3 is 1.43 bits per heavy atom. The lowest BCUT2D eigenvalue weighted by atomic mass is 10.1. The minimum absolute atomic E-state index is 0.0340. The van der Waals surface area contributed by atoms with Gasteiger partial charge in [0, 0.05) is 11.4 Å². The summed E-state index contributed by atoms with van der Waals surface area (Å²) in [6, 6.07) is 15.5. The van der Waals surface area contributed by atoms with Crippen molar-refractivity contribution in [3.8, 4) is 0 Å². The molecule has 0 saturated carbocycles. The van der Waals surface area contributed by atoms with Crippen LogP contribution in [0.5, 0.6) is 0 Å². The third-order valence-corrected chi connectivity index (χ3v) is 5.58. The monoisotopic (exact) mass is 404 g/mol. The number of anilines is 2. The zero-order valence-electron chi connectivity index (χ0n) is 17.0. The van der Waals surface area contributed by atoms with E-state index in [2.05, 4.69) is 21.3 Å². The van der Waals surface area contributed by atoms with Crippen molar-refractivity contribution < 1.29 is 9.59 Å². The summed E-state index contributed by atoms with van der Waals surface area (Å²) in [7, 11) is 0. The first-order valence-corrected chi connectivity index (χ1v) is 10.6. The van der Waals surface area contributed by atoms with Crippen LogP contribution in [0.15, 0.2) is 48.5 Å². The summed E-state index contributed by atoms with van der Waals surface area (Å²) in [4.78, 5) is 24.3. The zero-order chi connectivity index (χ0) is 20.8. The van der Waals surface area contributed by atoms with Crippen LogP contribution in [0.4, 0.5) is 11.4 Å². The average molecular weight is 405 g/mol. The SMILES string of the molecule is O=C(Nc1ccc(C=Cc2ccc(NC(=O)[C@@H]3CCCN3)cc2)cc1)[C@@H]1CCCN1. The molecule has 0 aromatic heterocycles. The summed E-state index contributed by atoms with van der Waals surface area (Å²) in [5.41, 5.74) is 3.72. The molecule has 4 rings (SSSR count). The first kappa shape index (κ1) is 20.3. The molecule has 2 aliphatic heterocycles. The largest absolute Gasteiger partial charge is 0.325 e. The Kier molecular flexibility index (Phi) is 6.57. The second-order valence-electron chi connectivity index (χ2n) is 7.85. The van der Waals surface area contributed by atoms with Gasteiger partial charge in [-0.3, -0.25) is 9.59 Å². The number of rotatable bonds is 6. The number of amides is 2. The van der Waals surface area contributed by atoms with Crippen molar-refractivity contribution in [1.82, 2.24) is 10.6 Å². The molecule has 2 aliphatic rings. The van der Waals surface area contributed by atoms with E-state index in [1.54, 1.807) is 0 Å². The van der Waals surface area contributed by atoms with Crippen molar-refractivity contribution in [2.24, 2.45) is 0 Å². The van der Waals surface area contributed by atoms with E-state index in [1.165, 1.54) is 0 Å². The van der Waals surface area contributed by atoms with Crippen molar-refractivity contribution in [1.29, 1.82) is 0 Å². The van der Waals surface area contributed by atoms with Gasteiger partial charge in [-0.15, -0.1) is 0 Å². The molecule has 2 aromatic rings. The topological polar surface area (TPSA) is 82.3 Å². The van der Waals surface area contributed by atoms with E-state index >= 15 is 0 Å². The lowest BCUT2D eigenvalue weighted by Gasteiger charge is -2.11. The van der Waals surface area contributed by atoms with E-state index < -0.39 is 0 Å². The highest BCUT2D eigenvalue weighted by molar-refractivity contribution is 5.95. The summed E-state index contributed by atoms with van der Waals surface area (Å²) in [6.07, 6.45) is 7.94. The van der Waals surface area contributed by atoms with Gasteiger partial charge in [0.15, 0.2) is 0 Å². The van der Waals surface area contributed by atoms with Crippen LogP contribution in [0.2, 0.25) is 0 Å². The summed E-state index contributed by atoms with van der Waals surface area (Å²) >= 11 is 0. The highest BCUT2D eigenvalue weighted by Gasteiger charge is 2.22. The van der Waals surface area contributed by atoms with Crippen LogP contribution in [0.3, 0.4) is 0 Å². The highest BCUT2D eigenvalue weighted by Crippen LogP contribution is 2.17. The summed E-state index contributed by atoms with van der Waals surface area (Å²) < 4.78 is 0. The first-order valence-electron chi connectivity index (χ1n) is 10.6. The lowest BCUT2D eigenvalue weighted by Crippen LogP contribution is -2.35. The van der Waals surface area contributed by atoms with Gasteiger partial charge in [0.25, 0.3) is 0 Å². The molecule has 2 heterocycles. The molecule has 2 saturated heterocycles. The molecule has 0 bridgehead atoms. The molecule has 2 amide bonds. The van der Waals surface area contributed by atoms with Crippen LogP contribution in [-0.2, 0) is 9.59 Å². The Morgan fingerprint density at radius 2 is 1.10 bits per heavy atom. The van der Waals surface area contributed by atoms with Gasteiger partial charge in [-0.05, 0) is 74.2 Å². The third-order valence-electron chi connectivity index (χ3n) is 5.58. The summed E-state index contributed by atoms with van der Waals surface area (Å²) in [5.74, 6) is 0.0679. The van der Waals surface area contributed by atoms with Gasteiger partial charge in [0.2, 0.25) is 11.8 Å². The second kappa shape index (κ2) is 9.69. The lowest BCUT2D eigenvalue weighted by molar-refractivity contribution is -0.118. The van der Waals surface area contributed by atoms with E-state index in [9.17, 15) is 9.59 Å². The van der Waals surface area contributed by atoms with Crippen LogP contribution in [0, 0.1) is 0 Å². The minimum Gasteiger partial charge on any atom is -0.325 e. The van der Waals surface area contributed by atoms with Crippen LogP contribution in [0.25, 0.3) is 12.2 Å². The molecule has 4 N–H and O–H groups in total. The summed E-state index contributed by atoms with van der Waals surface area (Å²) in [5, 5.41) is 12.3. The van der Waals surface area contributed by atoms with Gasteiger partial charge in [0.1, 0.15) is 0 Å². The van der Waals surface area contributed by atoms with Gasteiger partial charge >= 0.3 is 0 Å². The molecule has 0 spiro atoms. The molecular weight excluding hydrogens is 376 g/mol. The Balaban J connectivity index is 1.29. The predicted octanol–water partition coefficient (Wildman–Crippen LogP) is 3.24. The van der Waals surface area contributed by atoms with E-state index in [0.717, 1.165) is 61.3 Å². The van der Waals surface area contributed by atoms with E-state index in [1.807, 2.05) is 60.7 Å². The molecular formula is C24H28N4O2. The molecule has 6 nitrogen and oxygen atoms in total. The molecule has 0 unspecified atom stereocenters. The maximum absolute atomic E-state index is 12.2. The Labute approximate surface area is 177 Å². The fourth-order valence-corrected chi connectivity index (χ4v) is 3.82. The number of carbonyl (C=O) groups is 2. The second-order valence-corrected chi connectivity index (χ2v) is 7.85. The van der Waals surface area contributed by atoms with Crippen molar-refractivity contribution in [2.75, 3.05) is 23.7 Å². The molecule has 2 fully saturated rings. The first-order chi connectivity index (χ1) is 14.7. The highest BCUT2D eigenvalue weighted by atomic mass is 16.2. The predicted molar refractivity (Wildman–Crippen MR) is 121 cm³/mol. The van der Waals surface area contributed by atoms with Crippen LogP contribution >= 0.6 is 0 Å². The smallest absolute Gasteiger partial charge is 0.241 e. The fourth-order valence-electron chi connectivity index (χ4n) is 3.82. The normalized spacial score (nSPS) is 21.1. The van der Waals surface area contributed by atoms with Gasteiger partial charge in [-0.25, -0.2) is 0 Å². The third kappa shape index (κ3) is 5.34. The van der Waals surface area contributed by atoms with Crippen LogP contribution in [0.1, 0.15) is 36.8 Å². The van der Waals surface area contributed by atoms with Crippen LogP contribution < -0.4 is 21.3 Å². The Hall–Kier alpha value is -2.96. The maximum atomic E-state index is 12.2. The van der Waals surface area contributed by atoms with E-state index in [-0.39, 0.29) is 23.9 Å². The number of nitrogens with one attached hydrogen (secondary N) is 4. The standard InChI is InChI=1S/C24H28N4O2/c29-23(21-3-1-15-25-21)27-19-11-7-17(8-12-19)5-6-18-9-13-20(14-10-18)28-24(30)22-4-2-16-26-22/h5-14,21-22,25-26H,1-4,15-16H2,(H,27,29)(H,28,30)/t21-,22-/m0/s1. The molecule has 6 heteroatoms. The van der Waals surface area contributed by atoms with Crippen molar-refractivity contribution >= 4 is 35.3 Å². The Bertz CT molecular complexity index is 818. The number of carbonyl (C=O) groups excluding carboxylic acids is 2. The van der Waals surface area contributed by atoms with Crippen molar-refractivity contribution in [3.05, 3.63) is 59.7 Å². The average Bonchev–Trinajstić information content (AvgIpc) is 3.48. The molecule has 2 aromatic carbocycles. The minimum atomic E-state index is -0.0771. The van der Waals surface area contributed by atoms with Crippen molar-refractivity contribution in [2.45, 2.75) is 37.8 Å². The molecule has 2 atom stereocenters. The van der Waals surface area contributed by atoms with Gasteiger partial charge in [-0.1, -0.05) is 36.4 Å². The molecule has 30 heavy (non-hydrogen) atoms.